The van der Waals surface area contributed by atoms with Gasteiger partial charge in [-0.05, 0) is 43.9 Å². The third kappa shape index (κ3) is 4.93. The van der Waals surface area contributed by atoms with Crippen LogP contribution in [0.25, 0.3) is 0 Å². The Balaban J connectivity index is 0.00000180. The fourth-order valence-corrected chi connectivity index (χ4v) is 2.61. The van der Waals surface area contributed by atoms with Crippen molar-refractivity contribution in [2.75, 3.05) is 6.54 Å². The van der Waals surface area contributed by atoms with Gasteiger partial charge in [-0.15, -0.1) is 24.8 Å². The molecule has 0 saturated heterocycles. The number of nitrogens with two attached hydrogens (primary N) is 1. The Hall–Kier alpha value is -0.840. The van der Waals surface area contributed by atoms with Crippen LogP contribution in [0, 0.1) is 12.8 Å². The topological polar surface area (TPSA) is 68.0 Å². The molecule has 0 aromatic carbocycles. The van der Waals surface area contributed by atoms with Gasteiger partial charge in [0.25, 0.3) is 5.91 Å². The van der Waals surface area contributed by atoms with Gasteiger partial charge in [-0.3, -0.25) is 9.78 Å². The van der Waals surface area contributed by atoms with Crippen molar-refractivity contribution in [3.63, 3.8) is 0 Å². The van der Waals surface area contributed by atoms with E-state index in [1.807, 2.05) is 13.0 Å². The van der Waals surface area contributed by atoms with E-state index in [9.17, 15) is 4.79 Å². The van der Waals surface area contributed by atoms with Crippen molar-refractivity contribution in [2.24, 2.45) is 11.7 Å². The van der Waals surface area contributed by atoms with Crippen LogP contribution in [0.3, 0.4) is 0 Å². The van der Waals surface area contributed by atoms with Gasteiger partial charge in [0.2, 0.25) is 0 Å². The highest BCUT2D eigenvalue weighted by Crippen LogP contribution is 2.23. The Bertz CT molecular complexity index is 429. The monoisotopic (exact) mass is 319 g/mol. The van der Waals surface area contributed by atoms with Gasteiger partial charge < -0.3 is 11.1 Å². The molecule has 2 atom stereocenters. The van der Waals surface area contributed by atoms with Crippen molar-refractivity contribution in [1.29, 1.82) is 0 Å². The van der Waals surface area contributed by atoms with E-state index in [0.29, 0.717) is 18.0 Å². The Morgan fingerprint density at radius 1 is 1.35 bits per heavy atom. The maximum atomic E-state index is 12.1. The largest absolute Gasteiger partial charge is 0.349 e. The highest BCUT2D eigenvalue weighted by atomic mass is 35.5. The van der Waals surface area contributed by atoms with Crippen LogP contribution in [0.5, 0.6) is 0 Å². The predicted octanol–water partition coefficient (Wildman–Crippen LogP) is 2.48. The molecule has 6 heteroatoms. The van der Waals surface area contributed by atoms with Crippen molar-refractivity contribution >= 4 is 30.7 Å². The first-order valence-electron chi connectivity index (χ1n) is 6.63. The fourth-order valence-electron chi connectivity index (χ4n) is 2.61. The molecule has 1 amide bonds. The Kier molecular flexibility index (Phi) is 8.78. The van der Waals surface area contributed by atoms with Gasteiger partial charge in [-0.2, -0.15) is 0 Å². The standard InChI is InChI=1S/C14H21N3O.2ClH/c1-10-6-12(9-16-8-10)14(18)17-13-5-3-2-4-11(13)7-15;;/h6,8-9,11,13H,2-5,7,15H2,1H3,(H,17,18);2*1H. The second-order valence-electron chi connectivity index (χ2n) is 5.11. The normalized spacial score (nSPS) is 21.3. The summed E-state index contributed by atoms with van der Waals surface area (Å²) in [6, 6.07) is 2.08. The number of nitrogens with one attached hydrogen (secondary N) is 1. The zero-order valence-corrected chi connectivity index (χ0v) is 13.3. The Morgan fingerprint density at radius 2 is 2.05 bits per heavy atom. The molecule has 1 aromatic rings. The third-order valence-corrected chi connectivity index (χ3v) is 3.67. The molecule has 2 unspecified atom stereocenters. The summed E-state index contributed by atoms with van der Waals surface area (Å²) in [5.74, 6) is 0.386. The number of carbonyl (C=O) groups is 1. The minimum Gasteiger partial charge on any atom is -0.349 e. The van der Waals surface area contributed by atoms with Gasteiger partial charge in [0.1, 0.15) is 0 Å². The van der Waals surface area contributed by atoms with E-state index < -0.39 is 0 Å². The molecule has 0 bridgehead atoms. The first-order chi connectivity index (χ1) is 8.70. The lowest BCUT2D eigenvalue weighted by molar-refractivity contribution is 0.0907. The number of rotatable bonds is 3. The van der Waals surface area contributed by atoms with E-state index in [1.165, 1.54) is 12.8 Å². The fraction of sp³-hybridized carbons (Fsp3) is 0.571. The first-order valence-corrected chi connectivity index (χ1v) is 6.63. The van der Waals surface area contributed by atoms with Crippen LogP contribution < -0.4 is 11.1 Å². The maximum Gasteiger partial charge on any atom is 0.253 e. The second kappa shape index (κ2) is 9.16. The first kappa shape index (κ1) is 19.2. The maximum absolute atomic E-state index is 12.1. The molecule has 114 valence electrons. The zero-order chi connectivity index (χ0) is 13.0. The molecular weight excluding hydrogens is 297 g/mol. The van der Waals surface area contributed by atoms with E-state index in [1.54, 1.807) is 12.4 Å². The summed E-state index contributed by atoms with van der Waals surface area (Å²) in [5.41, 5.74) is 7.41. The second-order valence-corrected chi connectivity index (χ2v) is 5.11. The van der Waals surface area contributed by atoms with Crippen molar-refractivity contribution in [3.8, 4) is 0 Å². The van der Waals surface area contributed by atoms with Gasteiger partial charge in [-0.25, -0.2) is 0 Å². The van der Waals surface area contributed by atoms with Crippen LogP contribution in [0.1, 0.15) is 41.6 Å². The quantitative estimate of drug-likeness (QED) is 0.899. The molecule has 3 N–H and O–H groups in total. The van der Waals surface area contributed by atoms with E-state index in [0.717, 1.165) is 18.4 Å². The van der Waals surface area contributed by atoms with Gasteiger partial charge >= 0.3 is 0 Å². The number of halogens is 2. The van der Waals surface area contributed by atoms with Crippen LogP contribution >= 0.6 is 24.8 Å². The number of hydrogen-bond acceptors (Lipinski definition) is 3. The van der Waals surface area contributed by atoms with Gasteiger partial charge in [0.15, 0.2) is 0 Å². The third-order valence-electron chi connectivity index (χ3n) is 3.67. The number of nitrogens with zero attached hydrogens (tertiary/aromatic N) is 1. The molecule has 1 aromatic heterocycles. The molecule has 1 aliphatic rings. The molecule has 20 heavy (non-hydrogen) atoms. The summed E-state index contributed by atoms with van der Waals surface area (Å²) in [7, 11) is 0. The van der Waals surface area contributed by atoms with Gasteiger partial charge in [0.05, 0.1) is 5.56 Å². The van der Waals surface area contributed by atoms with Crippen molar-refractivity contribution in [1.82, 2.24) is 10.3 Å². The summed E-state index contributed by atoms with van der Waals surface area (Å²) in [4.78, 5) is 16.2. The van der Waals surface area contributed by atoms with Gasteiger partial charge in [0, 0.05) is 18.4 Å². The number of pyridine rings is 1. The smallest absolute Gasteiger partial charge is 0.253 e. The minimum atomic E-state index is -0.0310. The summed E-state index contributed by atoms with van der Waals surface area (Å²) in [5, 5.41) is 3.10. The van der Waals surface area contributed by atoms with Crippen molar-refractivity contribution in [2.45, 2.75) is 38.6 Å². The molecule has 2 rings (SSSR count). The van der Waals surface area contributed by atoms with E-state index in [2.05, 4.69) is 10.3 Å². The highest BCUT2D eigenvalue weighted by molar-refractivity contribution is 5.94. The summed E-state index contributed by atoms with van der Waals surface area (Å²) in [6.45, 7) is 2.59. The Morgan fingerprint density at radius 3 is 2.70 bits per heavy atom. The predicted molar refractivity (Wildman–Crippen MR) is 85.7 cm³/mol. The van der Waals surface area contributed by atoms with Crippen LogP contribution in [0.4, 0.5) is 0 Å². The lowest BCUT2D eigenvalue weighted by Crippen LogP contribution is -2.44. The lowest BCUT2D eigenvalue weighted by Gasteiger charge is -2.31. The number of hydrogen-bond donors (Lipinski definition) is 2. The lowest BCUT2D eigenvalue weighted by atomic mass is 9.84. The summed E-state index contributed by atoms with van der Waals surface area (Å²) in [6.07, 6.45) is 7.91. The Labute approximate surface area is 132 Å². The van der Waals surface area contributed by atoms with Crippen LogP contribution in [0.2, 0.25) is 0 Å². The number of amides is 1. The molecule has 4 nitrogen and oxygen atoms in total. The average molecular weight is 320 g/mol. The molecule has 0 aliphatic heterocycles. The van der Waals surface area contributed by atoms with E-state index >= 15 is 0 Å². The number of carbonyl (C=O) groups excluding carboxylic acids is 1. The molecule has 0 radical (unpaired) electrons. The van der Waals surface area contributed by atoms with E-state index in [4.69, 9.17) is 5.73 Å². The zero-order valence-electron chi connectivity index (χ0n) is 11.7. The van der Waals surface area contributed by atoms with Crippen LogP contribution in [0.15, 0.2) is 18.5 Å². The van der Waals surface area contributed by atoms with Crippen LogP contribution in [-0.4, -0.2) is 23.5 Å². The summed E-state index contributed by atoms with van der Waals surface area (Å²) >= 11 is 0. The van der Waals surface area contributed by atoms with Crippen molar-refractivity contribution in [3.05, 3.63) is 29.6 Å². The average Bonchev–Trinajstić information content (AvgIpc) is 2.39. The minimum absolute atomic E-state index is 0. The van der Waals surface area contributed by atoms with Crippen molar-refractivity contribution < 1.29 is 4.79 Å². The molecule has 1 aliphatic carbocycles. The molecular formula is C14H23Cl2N3O. The van der Waals surface area contributed by atoms with Gasteiger partial charge in [-0.1, -0.05) is 12.8 Å². The van der Waals surface area contributed by atoms with E-state index in [-0.39, 0.29) is 36.8 Å². The molecule has 0 spiro atoms. The molecule has 1 fully saturated rings. The number of aryl methyl sites for hydroxylation is 1. The molecule has 1 saturated carbocycles. The highest BCUT2D eigenvalue weighted by Gasteiger charge is 2.25. The van der Waals surface area contributed by atoms with Crippen LogP contribution in [-0.2, 0) is 0 Å². The molecule has 1 heterocycles. The SMILES string of the molecule is Cc1cncc(C(=O)NC2CCCCC2CN)c1.Cl.Cl. The number of aromatic nitrogens is 1. The summed E-state index contributed by atoms with van der Waals surface area (Å²) < 4.78 is 0.